The Morgan fingerprint density at radius 3 is 1.48 bits per heavy atom. The predicted octanol–water partition coefficient (Wildman–Crippen LogP) is 12.3. The largest absolute Gasteiger partial charge is 0.278 e. The van der Waals surface area contributed by atoms with Crippen LogP contribution in [0.3, 0.4) is 0 Å². The highest BCUT2D eigenvalue weighted by atomic mass is 15.2. The van der Waals surface area contributed by atoms with Gasteiger partial charge in [0.2, 0.25) is 5.95 Å². The molecule has 0 radical (unpaired) electrons. The molecule has 0 N–H and O–H groups in total. The summed E-state index contributed by atoms with van der Waals surface area (Å²) in [7, 11) is 0. The maximum Gasteiger partial charge on any atom is 0.238 e. The van der Waals surface area contributed by atoms with Crippen LogP contribution in [0.25, 0.3) is 72.5 Å². The molecule has 0 amide bonds. The first-order valence-corrected chi connectivity index (χ1v) is 19.0. The van der Waals surface area contributed by atoms with Crippen LogP contribution in [0.4, 0.5) is 0 Å². The van der Waals surface area contributed by atoms with Gasteiger partial charge in [-0.2, -0.15) is 9.97 Å². The summed E-state index contributed by atoms with van der Waals surface area (Å²) in [5.41, 5.74) is 12.6. The van der Waals surface area contributed by atoms with Gasteiger partial charge in [-0.3, -0.25) is 4.57 Å². The number of benzene rings is 8. The normalized spacial score (nSPS) is 12.8. The van der Waals surface area contributed by atoms with Gasteiger partial charge in [0, 0.05) is 16.3 Å². The van der Waals surface area contributed by atoms with Crippen LogP contribution in [0.5, 0.6) is 0 Å². The van der Waals surface area contributed by atoms with E-state index in [1.165, 1.54) is 22.3 Å². The van der Waals surface area contributed by atoms with Crippen molar-refractivity contribution in [1.82, 2.24) is 19.5 Å². The topological polar surface area (TPSA) is 43.6 Å². The lowest BCUT2D eigenvalue weighted by Gasteiger charge is -2.32. The molecule has 2 heterocycles. The molecule has 4 heteroatoms. The minimum absolute atomic E-state index is 0.581. The minimum Gasteiger partial charge on any atom is -0.278 e. The average molecular weight is 715 g/mol. The fourth-order valence-electron chi connectivity index (χ4n) is 8.83. The third-order valence-electron chi connectivity index (χ3n) is 11.3. The van der Waals surface area contributed by atoms with Crippen molar-refractivity contribution in [2.24, 2.45) is 0 Å². The quantitative estimate of drug-likeness (QED) is 0.172. The van der Waals surface area contributed by atoms with Gasteiger partial charge in [0.1, 0.15) is 5.41 Å². The van der Waals surface area contributed by atoms with Crippen LogP contribution < -0.4 is 0 Å². The fourth-order valence-corrected chi connectivity index (χ4v) is 8.83. The number of para-hydroxylation sites is 2. The van der Waals surface area contributed by atoms with Gasteiger partial charge in [-0.25, -0.2) is 4.98 Å². The zero-order chi connectivity index (χ0) is 37.1. The second kappa shape index (κ2) is 12.9. The second-order valence-corrected chi connectivity index (χ2v) is 14.4. The fraction of sp³-hybridized carbons (Fsp3) is 0.0192. The van der Waals surface area contributed by atoms with Gasteiger partial charge in [-0.15, -0.1) is 0 Å². The van der Waals surface area contributed by atoms with Gasteiger partial charge in [-0.05, 0) is 68.3 Å². The lowest BCUT2D eigenvalue weighted by molar-refractivity contribution is 0.683. The van der Waals surface area contributed by atoms with Crippen LogP contribution in [0.2, 0.25) is 0 Å². The highest BCUT2D eigenvalue weighted by molar-refractivity contribution is 6.09. The number of rotatable bonds is 6. The Hall–Kier alpha value is -7.43. The summed E-state index contributed by atoms with van der Waals surface area (Å²) in [5.74, 6) is 1.88. The Morgan fingerprint density at radius 2 is 0.839 bits per heavy atom. The highest BCUT2D eigenvalue weighted by Crippen LogP contribution is 2.55. The lowest BCUT2D eigenvalue weighted by Crippen LogP contribution is -2.32. The summed E-state index contributed by atoms with van der Waals surface area (Å²) in [6.45, 7) is 0. The van der Waals surface area contributed by atoms with Gasteiger partial charge in [0.25, 0.3) is 0 Å². The number of hydrogen-bond donors (Lipinski definition) is 0. The van der Waals surface area contributed by atoms with Crippen molar-refractivity contribution < 1.29 is 0 Å². The molecule has 0 unspecified atom stereocenters. The highest BCUT2D eigenvalue weighted by Gasteiger charge is 2.48. The summed E-state index contributed by atoms with van der Waals surface area (Å²) in [5, 5.41) is 2.31. The van der Waals surface area contributed by atoms with E-state index in [0.717, 1.165) is 55.2 Å². The van der Waals surface area contributed by atoms with Crippen LogP contribution in [-0.4, -0.2) is 19.5 Å². The molecule has 0 saturated heterocycles. The van der Waals surface area contributed by atoms with E-state index < -0.39 is 5.41 Å². The molecule has 0 aliphatic heterocycles. The maximum absolute atomic E-state index is 5.59. The molecule has 11 rings (SSSR count). The molecular formula is C52H34N4. The van der Waals surface area contributed by atoms with Crippen LogP contribution in [0.15, 0.2) is 206 Å². The first-order chi connectivity index (χ1) is 27.8. The van der Waals surface area contributed by atoms with Crippen LogP contribution in [0.1, 0.15) is 22.5 Å². The van der Waals surface area contributed by atoms with Gasteiger partial charge >= 0.3 is 0 Å². The van der Waals surface area contributed by atoms with E-state index in [1.54, 1.807) is 0 Å². The summed E-state index contributed by atoms with van der Waals surface area (Å²) < 4.78 is 2.21. The Bertz CT molecular complexity index is 2970. The maximum atomic E-state index is 5.59. The van der Waals surface area contributed by atoms with Gasteiger partial charge in [0.15, 0.2) is 11.6 Å². The van der Waals surface area contributed by atoms with Crippen LogP contribution in [0, 0.1) is 0 Å². The number of fused-ring (bicyclic) bond motifs is 6. The Kier molecular flexibility index (Phi) is 7.36. The number of aromatic nitrogens is 4. The van der Waals surface area contributed by atoms with Crippen LogP contribution in [-0.2, 0) is 5.41 Å². The molecular weight excluding hydrogens is 681 g/mol. The summed E-state index contributed by atoms with van der Waals surface area (Å²) >= 11 is 0. The number of nitrogens with zero attached hydrogens (tertiary/aromatic N) is 4. The average Bonchev–Trinajstić information content (AvgIpc) is 3.78. The van der Waals surface area contributed by atoms with Crippen LogP contribution >= 0.6 is 0 Å². The third kappa shape index (κ3) is 4.89. The summed E-state index contributed by atoms with van der Waals surface area (Å²) in [4.78, 5) is 16.5. The van der Waals surface area contributed by atoms with E-state index in [9.17, 15) is 0 Å². The van der Waals surface area contributed by atoms with E-state index >= 15 is 0 Å². The monoisotopic (exact) mass is 714 g/mol. The Labute approximate surface area is 325 Å². The first kappa shape index (κ1) is 32.0. The molecule has 8 aromatic carbocycles. The van der Waals surface area contributed by atoms with Crippen molar-refractivity contribution in [3.63, 3.8) is 0 Å². The molecule has 262 valence electrons. The van der Waals surface area contributed by atoms with E-state index in [0.29, 0.717) is 17.6 Å². The van der Waals surface area contributed by atoms with E-state index in [1.807, 2.05) is 0 Å². The van der Waals surface area contributed by atoms with E-state index in [-0.39, 0.29) is 0 Å². The number of hydrogen-bond acceptors (Lipinski definition) is 3. The van der Waals surface area contributed by atoms with Crippen molar-refractivity contribution in [2.75, 3.05) is 0 Å². The van der Waals surface area contributed by atoms with Crippen molar-refractivity contribution >= 4 is 21.8 Å². The van der Waals surface area contributed by atoms with Crippen molar-refractivity contribution in [2.45, 2.75) is 5.41 Å². The predicted molar refractivity (Wildman–Crippen MR) is 228 cm³/mol. The zero-order valence-electron chi connectivity index (χ0n) is 30.4. The smallest absolute Gasteiger partial charge is 0.238 e. The third-order valence-corrected chi connectivity index (χ3v) is 11.3. The van der Waals surface area contributed by atoms with Gasteiger partial charge < -0.3 is 0 Å². The molecule has 0 fully saturated rings. The molecule has 0 bridgehead atoms. The van der Waals surface area contributed by atoms with Gasteiger partial charge in [-0.1, -0.05) is 188 Å². The summed E-state index contributed by atoms with van der Waals surface area (Å²) in [6, 6.07) is 73.0. The lowest BCUT2D eigenvalue weighted by atomic mass is 9.71. The molecule has 0 saturated carbocycles. The molecule has 1 aliphatic carbocycles. The van der Waals surface area contributed by atoms with Crippen molar-refractivity contribution in [3.8, 4) is 50.7 Å². The minimum atomic E-state index is -0.801. The standard InChI is InChI=1S/C52H34N4/c1-3-16-35(17-4-1)36-30-32-37(33-31-36)38-18-15-19-39(34-38)49-53-50(55-51(54-49)56-47-28-13-9-24-43(47)44-25-10-14-29-48(44)56)52(40-20-5-2-6-21-40)45-26-11-7-22-41(45)42-23-8-12-27-46(42)52/h1-34H. The zero-order valence-corrected chi connectivity index (χ0v) is 30.4. The van der Waals surface area contributed by atoms with E-state index in [2.05, 4.69) is 211 Å². The molecule has 0 atom stereocenters. The first-order valence-electron chi connectivity index (χ1n) is 19.0. The Morgan fingerprint density at radius 1 is 0.357 bits per heavy atom. The van der Waals surface area contributed by atoms with Crippen molar-refractivity contribution in [3.05, 3.63) is 229 Å². The molecule has 56 heavy (non-hydrogen) atoms. The SMILES string of the molecule is c1ccc(-c2ccc(-c3cccc(-c4nc(-n5c6ccccc6c6ccccc65)nc(C5(c6ccccc6)c6ccccc6-c6ccccc65)n4)c3)cc2)cc1. The molecule has 4 nitrogen and oxygen atoms in total. The van der Waals surface area contributed by atoms with Gasteiger partial charge in [0.05, 0.1) is 11.0 Å². The molecule has 10 aromatic rings. The summed E-state index contributed by atoms with van der Waals surface area (Å²) in [6.07, 6.45) is 0. The van der Waals surface area contributed by atoms with E-state index in [4.69, 9.17) is 15.0 Å². The van der Waals surface area contributed by atoms with Crippen molar-refractivity contribution in [1.29, 1.82) is 0 Å². The second-order valence-electron chi connectivity index (χ2n) is 14.4. The molecule has 0 spiro atoms. The molecule has 2 aromatic heterocycles. The Balaban J connectivity index is 1.19. The molecule has 1 aliphatic rings.